The van der Waals surface area contributed by atoms with Crippen molar-refractivity contribution in [1.82, 2.24) is 34.6 Å². The Bertz CT molecular complexity index is 1290. The van der Waals surface area contributed by atoms with Crippen molar-refractivity contribution in [3.05, 3.63) is 65.0 Å². The quantitative estimate of drug-likeness (QED) is 0.490. The van der Waals surface area contributed by atoms with Gasteiger partial charge in [-0.3, -0.25) is 9.78 Å². The SMILES string of the molecule is O=c1ccc(-c2ccncc2)nn1CC1CN(c2ccc3nnc(C(F)(F)F)n3n2)C1. The number of anilines is 1. The molecule has 0 saturated carbocycles. The lowest BCUT2D eigenvalue weighted by atomic mass is 10.0. The number of hydrogen-bond acceptors (Lipinski definition) is 7. The molecule has 1 fully saturated rings. The van der Waals surface area contributed by atoms with Crippen LogP contribution in [0.4, 0.5) is 19.0 Å². The first-order valence-electron chi connectivity index (χ1n) is 9.42. The first-order valence-corrected chi connectivity index (χ1v) is 9.42. The zero-order valence-electron chi connectivity index (χ0n) is 15.9. The highest BCUT2D eigenvalue weighted by Crippen LogP contribution is 2.29. The van der Waals surface area contributed by atoms with E-state index in [9.17, 15) is 18.0 Å². The highest BCUT2D eigenvalue weighted by atomic mass is 19.4. The molecule has 0 aromatic carbocycles. The van der Waals surface area contributed by atoms with Gasteiger partial charge in [0.05, 0.1) is 12.2 Å². The molecule has 0 unspecified atom stereocenters. The number of fused-ring (bicyclic) bond motifs is 1. The minimum atomic E-state index is -4.64. The van der Waals surface area contributed by atoms with Crippen LogP contribution < -0.4 is 10.5 Å². The maximum Gasteiger partial charge on any atom is 0.453 e. The highest BCUT2D eigenvalue weighted by molar-refractivity contribution is 5.57. The molecule has 1 aliphatic heterocycles. The average Bonchev–Trinajstić information content (AvgIpc) is 3.16. The monoisotopic (exact) mass is 428 g/mol. The van der Waals surface area contributed by atoms with Crippen LogP contribution in [0.1, 0.15) is 5.82 Å². The van der Waals surface area contributed by atoms with Crippen LogP contribution in [0.2, 0.25) is 0 Å². The maximum absolute atomic E-state index is 13.1. The Labute approximate surface area is 172 Å². The van der Waals surface area contributed by atoms with Gasteiger partial charge in [0, 0.05) is 43.0 Å². The summed E-state index contributed by atoms with van der Waals surface area (Å²) in [5, 5.41) is 15.2. The second-order valence-electron chi connectivity index (χ2n) is 7.23. The van der Waals surface area contributed by atoms with Crippen LogP contribution in [0.3, 0.4) is 0 Å². The molecule has 0 spiro atoms. The van der Waals surface area contributed by atoms with E-state index in [0.29, 0.717) is 35.7 Å². The van der Waals surface area contributed by atoms with Gasteiger partial charge >= 0.3 is 6.18 Å². The Morgan fingerprint density at radius 1 is 0.968 bits per heavy atom. The molecule has 31 heavy (non-hydrogen) atoms. The fourth-order valence-electron chi connectivity index (χ4n) is 3.50. The van der Waals surface area contributed by atoms with Crippen LogP contribution in [0.15, 0.2) is 53.6 Å². The van der Waals surface area contributed by atoms with Crippen molar-refractivity contribution >= 4 is 11.5 Å². The van der Waals surface area contributed by atoms with Crippen molar-refractivity contribution in [2.75, 3.05) is 18.0 Å². The molecular weight excluding hydrogens is 413 g/mol. The summed E-state index contributed by atoms with van der Waals surface area (Å²) < 4.78 is 41.3. The van der Waals surface area contributed by atoms with Crippen molar-refractivity contribution in [1.29, 1.82) is 0 Å². The molecule has 0 radical (unpaired) electrons. The standard InChI is InChI=1S/C19H15F3N8O/c20-19(21,22)18-25-24-15-2-3-16(27-30(15)18)28-9-12(10-28)11-29-17(31)4-1-14(26-29)13-5-7-23-8-6-13/h1-8,12H,9-11H2. The van der Waals surface area contributed by atoms with Gasteiger partial charge in [-0.05, 0) is 30.3 Å². The number of rotatable bonds is 4. The van der Waals surface area contributed by atoms with E-state index >= 15 is 0 Å². The Morgan fingerprint density at radius 2 is 1.74 bits per heavy atom. The molecule has 5 heterocycles. The number of nitrogens with zero attached hydrogens (tertiary/aromatic N) is 8. The molecule has 5 rings (SSSR count). The third-order valence-electron chi connectivity index (χ3n) is 5.06. The molecule has 1 aliphatic rings. The van der Waals surface area contributed by atoms with Crippen molar-refractivity contribution < 1.29 is 13.2 Å². The predicted octanol–water partition coefficient (Wildman–Crippen LogP) is 1.90. The van der Waals surface area contributed by atoms with Crippen molar-refractivity contribution in [3.8, 4) is 11.3 Å². The molecule has 12 heteroatoms. The number of hydrogen-bond donors (Lipinski definition) is 0. The van der Waals surface area contributed by atoms with E-state index in [0.717, 1.165) is 5.56 Å². The second kappa shape index (κ2) is 7.15. The largest absolute Gasteiger partial charge is 0.453 e. The topological polar surface area (TPSA) is 94.1 Å². The van der Waals surface area contributed by atoms with Crippen molar-refractivity contribution in [3.63, 3.8) is 0 Å². The summed E-state index contributed by atoms with van der Waals surface area (Å²) in [6.07, 6.45) is -1.34. The summed E-state index contributed by atoms with van der Waals surface area (Å²) in [6, 6.07) is 9.81. The van der Waals surface area contributed by atoms with E-state index in [1.165, 1.54) is 16.8 Å². The predicted molar refractivity (Wildman–Crippen MR) is 103 cm³/mol. The number of halogens is 3. The van der Waals surface area contributed by atoms with Gasteiger partial charge in [-0.1, -0.05) is 0 Å². The number of pyridine rings is 1. The maximum atomic E-state index is 13.1. The molecule has 9 nitrogen and oxygen atoms in total. The summed E-state index contributed by atoms with van der Waals surface area (Å²) in [6.45, 7) is 1.47. The molecule has 4 aromatic heterocycles. The van der Waals surface area contributed by atoms with Gasteiger partial charge in [0.2, 0.25) is 0 Å². The van der Waals surface area contributed by atoms with E-state index in [4.69, 9.17) is 0 Å². The van der Waals surface area contributed by atoms with Crippen molar-refractivity contribution in [2.45, 2.75) is 12.7 Å². The molecule has 0 aliphatic carbocycles. The summed E-state index contributed by atoms with van der Waals surface area (Å²) in [5.41, 5.74) is 1.33. The van der Waals surface area contributed by atoms with Crippen LogP contribution in [-0.2, 0) is 12.7 Å². The smallest absolute Gasteiger partial charge is 0.354 e. The number of alkyl halides is 3. The minimum absolute atomic E-state index is 0.0248. The first kappa shape index (κ1) is 19.2. The molecule has 158 valence electrons. The van der Waals surface area contributed by atoms with Gasteiger partial charge in [0.1, 0.15) is 5.82 Å². The van der Waals surface area contributed by atoms with Gasteiger partial charge < -0.3 is 4.90 Å². The fourth-order valence-corrected chi connectivity index (χ4v) is 3.50. The second-order valence-corrected chi connectivity index (χ2v) is 7.23. The normalized spacial score (nSPS) is 14.7. The zero-order valence-corrected chi connectivity index (χ0v) is 15.9. The highest BCUT2D eigenvalue weighted by Gasteiger charge is 2.38. The van der Waals surface area contributed by atoms with Crippen LogP contribution in [0, 0.1) is 5.92 Å². The van der Waals surface area contributed by atoms with E-state index in [-0.39, 0.29) is 17.1 Å². The third-order valence-corrected chi connectivity index (χ3v) is 5.06. The molecule has 0 N–H and O–H groups in total. The van der Waals surface area contributed by atoms with Gasteiger partial charge in [-0.2, -0.15) is 22.8 Å². The molecular formula is C19H15F3N8O. The van der Waals surface area contributed by atoms with E-state index in [2.05, 4.69) is 25.4 Å². The molecule has 0 bridgehead atoms. The Kier molecular flexibility index (Phi) is 4.41. The molecule has 0 amide bonds. The van der Waals surface area contributed by atoms with Gasteiger partial charge in [-0.15, -0.1) is 15.3 Å². The molecule has 4 aromatic rings. The summed E-state index contributed by atoms with van der Waals surface area (Å²) in [7, 11) is 0. The first-order chi connectivity index (χ1) is 14.9. The molecule has 0 atom stereocenters. The zero-order chi connectivity index (χ0) is 21.6. The fraction of sp³-hybridized carbons (Fsp3) is 0.263. The van der Waals surface area contributed by atoms with Crippen LogP contribution in [0.5, 0.6) is 0 Å². The van der Waals surface area contributed by atoms with E-state index in [1.54, 1.807) is 24.5 Å². The average molecular weight is 428 g/mol. The third kappa shape index (κ3) is 3.60. The van der Waals surface area contributed by atoms with Gasteiger partial charge in [-0.25, -0.2) is 4.68 Å². The van der Waals surface area contributed by atoms with Crippen LogP contribution in [0.25, 0.3) is 16.9 Å². The van der Waals surface area contributed by atoms with Gasteiger partial charge in [0.25, 0.3) is 11.4 Å². The Morgan fingerprint density at radius 3 is 2.48 bits per heavy atom. The van der Waals surface area contributed by atoms with E-state index in [1.807, 2.05) is 17.0 Å². The molecule has 1 saturated heterocycles. The van der Waals surface area contributed by atoms with Crippen LogP contribution in [-0.4, -0.2) is 47.7 Å². The lowest BCUT2D eigenvalue weighted by molar-refractivity contribution is -0.146. The number of aromatic nitrogens is 7. The Balaban J connectivity index is 1.31. The summed E-state index contributed by atoms with van der Waals surface area (Å²) in [5.74, 6) is -0.664. The Hall–Kier alpha value is -3.83. The van der Waals surface area contributed by atoms with Crippen molar-refractivity contribution in [2.24, 2.45) is 5.92 Å². The summed E-state index contributed by atoms with van der Waals surface area (Å²) >= 11 is 0. The lowest BCUT2D eigenvalue weighted by Crippen LogP contribution is -2.50. The van der Waals surface area contributed by atoms with E-state index < -0.39 is 12.0 Å². The van der Waals surface area contributed by atoms with Crippen LogP contribution >= 0.6 is 0 Å². The summed E-state index contributed by atoms with van der Waals surface area (Å²) in [4.78, 5) is 18.0. The lowest BCUT2D eigenvalue weighted by Gasteiger charge is -2.40. The van der Waals surface area contributed by atoms with Gasteiger partial charge in [0.15, 0.2) is 5.65 Å². The minimum Gasteiger partial charge on any atom is -0.354 e.